The average molecular weight is 289 g/mol. The summed E-state index contributed by atoms with van der Waals surface area (Å²) < 4.78 is 42.3. The number of benzene rings is 1. The van der Waals surface area contributed by atoms with Gasteiger partial charge < -0.3 is 4.74 Å². The number of alkyl halides is 2. The molecule has 2 aromatic rings. The summed E-state index contributed by atoms with van der Waals surface area (Å²) in [7, 11) is 0. The second kappa shape index (κ2) is 5.44. The summed E-state index contributed by atoms with van der Waals surface area (Å²) in [5, 5.41) is -0.366. The molecule has 0 amide bonds. The van der Waals surface area contributed by atoms with Gasteiger partial charge >= 0.3 is 6.61 Å². The standard InChI is InChI=1S/C12H8ClF3N2O/c1-6-9(14)10(13)18-11(17-6)7-4-2-3-5-8(7)19-12(15)16/h2-5,12H,1H3. The average Bonchev–Trinajstić information content (AvgIpc) is 2.35. The smallest absolute Gasteiger partial charge is 0.387 e. The van der Waals surface area contributed by atoms with Crippen LogP contribution in [0.25, 0.3) is 11.4 Å². The van der Waals surface area contributed by atoms with Crippen LogP contribution in [-0.4, -0.2) is 16.6 Å². The predicted octanol–water partition coefficient (Wildman–Crippen LogP) is 3.85. The Morgan fingerprint density at radius 1 is 1.21 bits per heavy atom. The van der Waals surface area contributed by atoms with Crippen LogP contribution in [0.5, 0.6) is 5.75 Å². The number of halogens is 4. The number of hydrogen-bond acceptors (Lipinski definition) is 3. The van der Waals surface area contributed by atoms with Crippen LogP contribution >= 0.6 is 11.6 Å². The van der Waals surface area contributed by atoms with E-state index in [2.05, 4.69) is 14.7 Å². The van der Waals surface area contributed by atoms with Crippen molar-refractivity contribution in [2.75, 3.05) is 0 Å². The van der Waals surface area contributed by atoms with E-state index in [0.717, 1.165) is 0 Å². The molecule has 0 aliphatic heterocycles. The van der Waals surface area contributed by atoms with Gasteiger partial charge in [-0.3, -0.25) is 0 Å². The molecule has 0 bridgehead atoms. The van der Waals surface area contributed by atoms with Crippen molar-refractivity contribution in [2.45, 2.75) is 13.5 Å². The van der Waals surface area contributed by atoms with E-state index in [4.69, 9.17) is 11.6 Å². The Hall–Kier alpha value is -1.82. The molecule has 0 aliphatic rings. The van der Waals surface area contributed by atoms with Crippen LogP contribution in [0.1, 0.15) is 5.69 Å². The fraction of sp³-hybridized carbons (Fsp3) is 0.167. The van der Waals surface area contributed by atoms with Gasteiger partial charge in [0.2, 0.25) is 0 Å². The lowest BCUT2D eigenvalue weighted by Gasteiger charge is -2.10. The molecule has 0 spiro atoms. The van der Waals surface area contributed by atoms with Crippen LogP contribution in [0.3, 0.4) is 0 Å². The van der Waals surface area contributed by atoms with E-state index in [1.54, 1.807) is 6.07 Å². The normalized spacial score (nSPS) is 10.8. The first-order valence-electron chi connectivity index (χ1n) is 5.23. The molecule has 2 rings (SSSR count). The molecule has 100 valence electrons. The lowest BCUT2D eigenvalue weighted by atomic mass is 10.2. The van der Waals surface area contributed by atoms with E-state index < -0.39 is 12.4 Å². The summed E-state index contributed by atoms with van der Waals surface area (Å²) in [6.45, 7) is -1.57. The van der Waals surface area contributed by atoms with Crippen molar-refractivity contribution in [1.29, 1.82) is 0 Å². The van der Waals surface area contributed by atoms with E-state index in [0.29, 0.717) is 0 Å². The minimum absolute atomic E-state index is 0.0279. The first-order valence-corrected chi connectivity index (χ1v) is 5.60. The maximum Gasteiger partial charge on any atom is 0.387 e. The molecule has 0 atom stereocenters. The molecule has 0 radical (unpaired) electrons. The van der Waals surface area contributed by atoms with Crippen molar-refractivity contribution >= 4 is 11.6 Å². The zero-order valence-corrected chi connectivity index (χ0v) is 10.5. The van der Waals surface area contributed by atoms with Crippen molar-refractivity contribution in [3.05, 3.63) is 40.9 Å². The number of para-hydroxylation sites is 1. The van der Waals surface area contributed by atoms with Crippen LogP contribution in [0, 0.1) is 12.7 Å². The summed E-state index contributed by atoms with van der Waals surface area (Å²) >= 11 is 5.61. The number of nitrogens with zero attached hydrogens (tertiary/aromatic N) is 2. The molecular weight excluding hydrogens is 281 g/mol. The first kappa shape index (κ1) is 13.6. The van der Waals surface area contributed by atoms with E-state index >= 15 is 0 Å². The van der Waals surface area contributed by atoms with Crippen molar-refractivity contribution in [2.24, 2.45) is 0 Å². The molecule has 0 aliphatic carbocycles. The first-order chi connectivity index (χ1) is 8.99. The Kier molecular flexibility index (Phi) is 3.90. The second-order valence-electron chi connectivity index (χ2n) is 3.61. The van der Waals surface area contributed by atoms with Gasteiger partial charge in [0, 0.05) is 0 Å². The van der Waals surface area contributed by atoms with Gasteiger partial charge in [-0.05, 0) is 19.1 Å². The molecular formula is C12H8ClF3N2O. The Balaban J connectivity index is 2.53. The van der Waals surface area contributed by atoms with Crippen LogP contribution in [0.15, 0.2) is 24.3 Å². The Bertz CT molecular complexity index is 584. The highest BCUT2D eigenvalue weighted by Gasteiger charge is 2.16. The molecule has 0 unspecified atom stereocenters. The van der Waals surface area contributed by atoms with E-state index in [-0.39, 0.29) is 28.0 Å². The van der Waals surface area contributed by atoms with Gasteiger partial charge in [0.15, 0.2) is 16.8 Å². The predicted molar refractivity (Wildman–Crippen MR) is 63.8 cm³/mol. The molecule has 0 N–H and O–H groups in total. The molecule has 0 saturated carbocycles. The molecule has 1 heterocycles. The van der Waals surface area contributed by atoms with E-state index in [9.17, 15) is 13.2 Å². The molecule has 1 aromatic heterocycles. The number of hydrogen-bond donors (Lipinski definition) is 0. The zero-order valence-electron chi connectivity index (χ0n) is 9.70. The number of aromatic nitrogens is 2. The number of aryl methyl sites for hydroxylation is 1. The Morgan fingerprint density at radius 2 is 1.89 bits per heavy atom. The topological polar surface area (TPSA) is 35.0 Å². The highest BCUT2D eigenvalue weighted by molar-refractivity contribution is 6.29. The molecule has 3 nitrogen and oxygen atoms in total. The van der Waals surface area contributed by atoms with Gasteiger partial charge in [0.1, 0.15) is 5.75 Å². The fourth-order valence-electron chi connectivity index (χ4n) is 1.49. The van der Waals surface area contributed by atoms with Gasteiger partial charge in [-0.15, -0.1) is 0 Å². The van der Waals surface area contributed by atoms with Gasteiger partial charge in [0.05, 0.1) is 11.3 Å². The molecule has 1 aromatic carbocycles. The molecule has 19 heavy (non-hydrogen) atoms. The lowest BCUT2D eigenvalue weighted by Crippen LogP contribution is -2.04. The third-order valence-corrected chi connectivity index (χ3v) is 2.57. The maximum atomic E-state index is 13.3. The lowest BCUT2D eigenvalue weighted by molar-refractivity contribution is -0.0494. The number of ether oxygens (including phenoxy) is 1. The van der Waals surface area contributed by atoms with Crippen molar-refractivity contribution in [3.63, 3.8) is 0 Å². The highest BCUT2D eigenvalue weighted by atomic mass is 35.5. The fourth-order valence-corrected chi connectivity index (χ4v) is 1.71. The van der Waals surface area contributed by atoms with E-state index in [1.807, 2.05) is 0 Å². The van der Waals surface area contributed by atoms with Crippen LogP contribution in [-0.2, 0) is 0 Å². The van der Waals surface area contributed by atoms with Crippen molar-refractivity contribution in [1.82, 2.24) is 9.97 Å². The van der Waals surface area contributed by atoms with Crippen molar-refractivity contribution in [3.8, 4) is 17.1 Å². The third-order valence-electron chi connectivity index (χ3n) is 2.32. The summed E-state index contributed by atoms with van der Waals surface area (Å²) in [5.41, 5.74) is 0.245. The Morgan fingerprint density at radius 3 is 2.53 bits per heavy atom. The number of rotatable bonds is 3. The largest absolute Gasteiger partial charge is 0.434 e. The summed E-state index contributed by atoms with van der Waals surface area (Å²) in [6, 6.07) is 5.96. The minimum atomic E-state index is -2.97. The molecule has 7 heteroatoms. The van der Waals surface area contributed by atoms with Gasteiger partial charge in [-0.1, -0.05) is 23.7 Å². The molecule has 0 fully saturated rings. The van der Waals surface area contributed by atoms with Crippen LogP contribution in [0.2, 0.25) is 5.15 Å². The SMILES string of the molecule is Cc1nc(-c2ccccc2OC(F)F)nc(Cl)c1F. The monoisotopic (exact) mass is 288 g/mol. The second-order valence-corrected chi connectivity index (χ2v) is 3.97. The van der Waals surface area contributed by atoms with Crippen LogP contribution < -0.4 is 4.74 Å². The molecule has 0 saturated heterocycles. The highest BCUT2D eigenvalue weighted by Crippen LogP contribution is 2.30. The zero-order chi connectivity index (χ0) is 14.0. The van der Waals surface area contributed by atoms with Gasteiger partial charge in [-0.2, -0.15) is 8.78 Å². The van der Waals surface area contributed by atoms with Gasteiger partial charge in [-0.25, -0.2) is 14.4 Å². The maximum absolute atomic E-state index is 13.3. The Labute approximate surface area is 112 Å². The summed E-state index contributed by atoms with van der Waals surface area (Å²) in [4.78, 5) is 7.60. The van der Waals surface area contributed by atoms with E-state index in [1.165, 1.54) is 25.1 Å². The minimum Gasteiger partial charge on any atom is -0.434 e. The summed E-state index contributed by atoms with van der Waals surface area (Å²) in [6.07, 6.45) is 0. The van der Waals surface area contributed by atoms with Crippen molar-refractivity contribution < 1.29 is 17.9 Å². The summed E-state index contributed by atoms with van der Waals surface area (Å²) in [5.74, 6) is -0.808. The van der Waals surface area contributed by atoms with Crippen LogP contribution in [0.4, 0.5) is 13.2 Å². The quantitative estimate of drug-likeness (QED) is 0.805. The van der Waals surface area contributed by atoms with Gasteiger partial charge in [0.25, 0.3) is 0 Å². The third kappa shape index (κ3) is 2.96.